The highest BCUT2D eigenvalue weighted by Crippen LogP contribution is 2.15. The van der Waals surface area contributed by atoms with Crippen LogP contribution >= 0.6 is 11.3 Å². The fourth-order valence-corrected chi connectivity index (χ4v) is 2.08. The Morgan fingerprint density at radius 3 is 2.85 bits per heavy atom. The van der Waals surface area contributed by atoms with Gasteiger partial charge in [-0.1, -0.05) is 20.3 Å². The summed E-state index contributed by atoms with van der Waals surface area (Å²) in [5, 5.41) is 13.9. The lowest BCUT2D eigenvalue weighted by Crippen LogP contribution is -2.13. The van der Waals surface area contributed by atoms with E-state index in [0.29, 0.717) is 5.92 Å². The lowest BCUT2D eigenvalue weighted by atomic mass is 9.98. The van der Waals surface area contributed by atoms with Crippen molar-refractivity contribution in [3.8, 4) is 0 Å². The van der Waals surface area contributed by atoms with Gasteiger partial charge in [0.15, 0.2) is 0 Å². The van der Waals surface area contributed by atoms with Gasteiger partial charge in [0.2, 0.25) is 0 Å². The minimum absolute atomic E-state index is 0.162. The maximum absolute atomic E-state index is 9.73. The van der Waals surface area contributed by atoms with Crippen molar-refractivity contribution in [1.82, 2.24) is 0 Å². The zero-order valence-corrected chi connectivity index (χ0v) is 9.18. The monoisotopic (exact) mass is 198 g/mol. The summed E-state index contributed by atoms with van der Waals surface area (Å²) in [6.45, 7) is 4.36. The van der Waals surface area contributed by atoms with E-state index in [1.54, 1.807) is 11.3 Å². The molecule has 0 aromatic carbocycles. The lowest BCUT2D eigenvalue weighted by Gasteiger charge is -2.13. The molecule has 1 aromatic heterocycles. The van der Waals surface area contributed by atoms with Crippen molar-refractivity contribution in [3.05, 3.63) is 22.4 Å². The van der Waals surface area contributed by atoms with Crippen molar-refractivity contribution < 1.29 is 5.11 Å². The molecule has 2 unspecified atom stereocenters. The van der Waals surface area contributed by atoms with Crippen LogP contribution in [0.4, 0.5) is 0 Å². The smallest absolute Gasteiger partial charge is 0.0583 e. The number of aliphatic hydroxyl groups excluding tert-OH is 1. The Balaban J connectivity index is 2.29. The number of rotatable bonds is 5. The summed E-state index contributed by atoms with van der Waals surface area (Å²) in [5.74, 6) is 0.633. The van der Waals surface area contributed by atoms with Crippen LogP contribution in [0.25, 0.3) is 0 Å². The standard InChI is InChI=1S/C11H18OS/c1-3-9(2)6-11(12)7-10-4-5-13-8-10/h4-5,8-9,11-12H,3,6-7H2,1-2H3. The molecule has 0 fully saturated rings. The van der Waals surface area contributed by atoms with Crippen molar-refractivity contribution >= 4 is 11.3 Å². The van der Waals surface area contributed by atoms with Crippen LogP contribution in [0.5, 0.6) is 0 Å². The van der Waals surface area contributed by atoms with Crippen LogP contribution in [0.2, 0.25) is 0 Å². The fraction of sp³-hybridized carbons (Fsp3) is 0.636. The first kappa shape index (κ1) is 10.7. The first-order valence-electron chi connectivity index (χ1n) is 4.91. The minimum atomic E-state index is -0.162. The molecule has 0 saturated carbocycles. The van der Waals surface area contributed by atoms with Crippen LogP contribution < -0.4 is 0 Å². The van der Waals surface area contributed by atoms with Crippen molar-refractivity contribution in [1.29, 1.82) is 0 Å². The summed E-state index contributed by atoms with van der Waals surface area (Å²) in [5.41, 5.74) is 1.26. The molecule has 0 amide bonds. The second-order valence-corrected chi connectivity index (χ2v) is 4.52. The Kier molecular flexibility index (Phi) is 4.46. The second kappa shape index (κ2) is 5.40. The SMILES string of the molecule is CCC(C)CC(O)Cc1ccsc1. The van der Waals surface area contributed by atoms with Gasteiger partial charge in [-0.25, -0.2) is 0 Å². The molecule has 0 aliphatic heterocycles. The van der Waals surface area contributed by atoms with E-state index in [1.807, 2.05) is 0 Å². The first-order chi connectivity index (χ1) is 6.22. The van der Waals surface area contributed by atoms with E-state index in [2.05, 4.69) is 30.7 Å². The topological polar surface area (TPSA) is 20.2 Å². The van der Waals surface area contributed by atoms with Crippen molar-refractivity contribution in [2.75, 3.05) is 0 Å². The highest BCUT2D eigenvalue weighted by Gasteiger charge is 2.09. The van der Waals surface area contributed by atoms with Crippen molar-refractivity contribution in [2.45, 2.75) is 39.2 Å². The third kappa shape index (κ3) is 3.92. The van der Waals surface area contributed by atoms with Gasteiger partial charge in [-0.2, -0.15) is 11.3 Å². The summed E-state index contributed by atoms with van der Waals surface area (Å²) < 4.78 is 0. The largest absolute Gasteiger partial charge is 0.393 e. The van der Waals surface area contributed by atoms with E-state index in [9.17, 15) is 5.11 Å². The molecule has 0 aliphatic rings. The van der Waals surface area contributed by atoms with Crippen LogP contribution in [-0.4, -0.2) is 11.2 Å². The maximum Gasteiger partial charge on any atom is 0.0583 e. The van der Waals surface area contributed by atoms with Gasteiger partial charge in [0.05, 0.1) is 6.10 Å². The first-order valence-corrected chi connectivity index (χ1v) is 5.85. The summed E-state index contributed by atoms with van der Waals surface area (Å²) in [7, 11) is 0. The highest BCUT2D eigenvalue weighted by molar-refractivity contribution is 7.07. The van der Waals surface area contributed by atoms with E-state index in [-0.39, 0.29) is 6.10 Å². The molecule has 1 heterocycles. The zero-order chi connectivity index (χ0) is 9.68. The molecular formula is C11H18OS. The van der Waals surface area contributed by atoms with Gasteiger partial charge in [-0.05, 0) is 41.1 Å². The Labute approximate surface area is 84.4 Å². The molecule has 0 bridgehead atoms. The molecule has 2 heteroatoms. The van der Waals surface area contributed by atoms with Crippen LogP contribution in [0, 0.1) is 5.92 Å². The molecule has 0 radical (unpaired) electrons. The van der Waals surface area contributed by atoms with Gasteiger partial charge in [-0.3, -0.25) is 0 Å². The average molecular weight is 198 g/mol. The predicted octanol–water partition coefficient (Wildman–Crippen LogP) is 3.09. The van der Waals surface area contributed by atoms with E-state index >= 15 is 0 Å². The quantitative estimate of drug-likeness (QED) is 0.771. The Bertz CT molecular complexity index is 218. The van der Waals surface area contributed by atoms with Gasteiger partial charge in [-0.15, -0.1) is 0 Å². The van der Waals surface area contributed by atoms with Gasteiger partial charge in [0, 0.05) is 0 Å². The van der Waals surface area contributed by atoms with E-state index in [0.717, 1.165) is 19.3 Å². The molecule has 1 N–H and O–H groups in total. The number of thiophene rings is 1. The van der Waals surface area contributed by atoms with Crippen molar-refractivity contribution in [2.24, 2.45) is 5.92 Å². The molecule has 0 aliphatic carbocycles. The molecule has 0 saturated heterocycles. The molecule has 1 rings (SSSR count). The number of hydrogen-bond acceptors (Lipinski definition) is 2. The third-order valence-electron chi connectivity index (χ3n) is 2.42. The predicted molar refractivity (Wildman–Crippen MR) is 58.1 cm³/mol. The molecule has 0 spiro atoms. The summed E-state index contributed by atoms with van der Waals surface area (Å²) >= 11 is 1.70. The fourth-order valence-electron chi connectivity index (χ4n) is 1.40. The summed E-state index contributed by atoms with van der Waals surface area (Å²) in [6, 6.07) is 2.09. The molecule has 2 atom stereocenters. The molecule has 13 heavy (non-hydrogen) atoms. The molecule has 1 nitrogen and oxygen atoms in total. The summed E-state index contributed by atoms with van der Waals surface area (Å²) in [6.07, 6.45) is 2.73. The number of aliphatic hydroxyl groups is 1. The Morgan fingerprint density at radius 1 is 1.54 bits per heavy atom. The van der Waals surface area contributed by atoms with Crippen LogP contribution in [-0.2, 0) is 6.42 Å². The van der Waals surface area contributed by atoms with E-state index in [4.69, 9.17) is 0 Å². The van der Waals surface area contributed by atoms with Gasteiger partial charge >= 0.3 is 0 Å². The second-order valence-electron chi connectivity index (χ2n) is 3.74. The normalized spacial score (nSPS) is 15.6. The lowest BCUT2D eigenvalue weighted by molar-refractivity contribution is 0.145. The van der Waals surface area contributed by atoms with Crippen molar-refractivity contribution in [3.63, 3.8) is 0 Å². The van der Waals surface area contributed by atoms with E-state index in [1.165, 1.54) is 5.56 Å². The third-order valence-corrected chi connectivity index (χ3v) is 3.15. The molecule has 1 aromatic rings. The van der Waals surface area contributed by atoms with Crippen LogP contribution in [0.1, 0.15) is 32.3 Å². The number of hydrogen-bond donors (Lipinski definition) is 1. The maximum atomic E-state index is 9.73. The van der Waals surface area contributed by atoms with Gasteiger partial charge < -0.3 is 5.11 Å². The van der Waals surface area contributed by atoms with Gasteiger partial charge in [0.25, 0.3) is 0 Å². The van der Waals surface area contributed by atoms with E-state index < -0.39 is 0 Å². The Morgan fingerprint density at radius 2 is 2.31 bits per heavy atom. The minimum Gasteiger partial charge on any atom is -0.393 e. The average Bonchev–Trinajstić information content (AvgIpc) is 2.56. The van der Waals surface area contributed by atoms with Crippen LogP contribution in [0.15, 0.2) is 16.8 Å². The van der Waals surface area contributed by atoms with Gasteiger partial charge in [0.1, 0.15) is 0 Å². The molecular weight excluding hydrogens is 180 g/mol. The zero-order valence-electron chi connectivity index (χ0n) is 8.36. The highest BCUT2D eigenvalue weighted by atomic mass is 32.1. The summed E-state index contributed by atoms with van der Waals surface area (Å²) in [4.78, 5) is 0. The molecule has 74 valence electrons. The Hall–Kier alpha value is -0.340. The van der Waals surface area contributed by atoms with Crippen LogP contribution in [0.3, 0.4) is 0 Å².